The van der Waals surface area contributed by atoms with Gasteiger partial charge >= 0.3 is 12.1 Å². The lowest BCUT2D eigenvalue weighted by molar-refractivity contribution is -0.143. The molecule has 122 valence electrons. The highest BCUT2D eigenvalue weighted by Gasteiger charge is 2.33. The predicted octanol–water partition coefficient (Wildman–Crippen LogP) is 4.83. The molecule has 1 atom stereocenters. The molecule has 2 rings (SSSR count). The summed E-state index contributed by atoms with van der Waals surface area (Å²) in [6.07, 6.45) is 0.568. The van der Waals surface area contributed by atoms with Gasteiger partial charge in [0.2, 0.25) is 0 Å². The standard InChI is InChI=1S/C16H19F3O2S/c1-21-15(20)13(8-10-4-2-3-5-10)12-7-6-11(9-14(12)22)16(17,18)19/h6-7,9-10,13,22H,2-5,8H2,1H3. The first-order valence-corrected chi connectivity index (χ1v) is 7.75. The van der Waals surface area contributed by atoms with E-state index in [4.69, 9.17) is 4.74 Å². The van der Waals surface area contributed by atoms with Crippen LogP contribution in [0, 0.1) is 5.92 Å². The van der Waals surface area contributed by atoms with Gasteiger partial charge in [-0.3, -0.25) is 4.79 Å². The maximum absolute atomic E-state index is 12.7. The first-order valence-electron chi connectivity index (χ1n) is 7.31. The van der Waals surface area contributed by atoms with Crippen molar-refractivity contribution in [2.45, 2.75) is 49.1 Å². The molecular weight excluding hydrogens is 313 g/mol. The van der Waals surface area contributed by atoms with E-state index in [1.165, 1.54) is 13.2 Å². The van der Waals surface area contributed by atoms with Gasteiger partial charge in [0.15, 0.2) is 0 Å². The number of ether oxygens (including phenoxy) is 1. The van der Waals surface area contributed by atoms with Crippen molar-refractivity contribution < 1.29 is 22.7 Å². The number of benzene rings is 1. The first-order chi connectivity index (χ1) is 10.3. The molecular formula is C16H19F3O2S. The number of methoxy groups -OCH3 is 1. The zero-order valence-electron chi connectivity index (χ0n) is 12.3. The molecule has 0 aliphatic heterocycles. The molecule has 0 radical (unpaired) electrons. The third-order valence-corrected chi connectivity index (χ3v) is 4.65. The third kappa shape index (κ3) is 3.97. The van der Waals surface area contributed by atoms with Crippen LogP contribution in [0.25, 0.3) is 0 Å². The molecule has 1 aliphatic carbocycles. The van der Waals surface area contributed by atoms with Gasteiger partial charge in [0.25, 0.3) is 0 Å². The second-order valence-electron chi connectivity index (χ2n) is 5.73. The van der Waals surface area contributed by atoms with E-state index in [0.29, 0.717) is 17.9 Å². The van der Waals surface area contributed by atoms with Crippen molar-refractivity contribution >= 4 is 18.6 Å². The Bertz CT molecular complexity index is 537. The van der Waals surface area contributed by atoms with Crippen molar-refractivity contribution in [2.75, 3.05) is 7.11 Å². The van der Waals surface area contributed by atoms with Crippen LogP contribution >= 0.6 is 12.6 Å². The molecule has 0 N–H and O–H groups in total. The molecule has 1 saturated carbocycles. The zero-order valence-corrected chi connectivity index (χ0v) is 13.2. The summed E-state index contributed by atoms with van der Waals surface area (Å²) in [5.41, 5.74) is -0.249. The van der Waals surface area contributed by atoms with Gasteiger partial charge in [-0.25, -0.2) is 0 Å². The van der Waals surface area contributed by atoms with Crippen molar-refractivity contribution in [3.8, 4) is 0 Å². The maximum atomic E-state index is 12.7. The minimum absolute atomic E-state index is 0.184. The van der Waals surface area contributed by atoms with E-state index >= 15 is 0 Å². The topological polar surface area (TPSA) is 26.3 Å². The quantitative estimate of drug-likeness (QED) is 0.631. The molecule has 1 unspecified atom stereocenters. The van der Waals surface area contributed by atoms with Gasteiger partial charge in [-0.15, -0.1) is 12.6 Å². The number of carbonyl (C=O) groups excluding carboxylic acids is 1. The van der Waals surface area contributed by atoms with Crippen LogP contribution in [-0.4, -0.2) is 13.1 Å². The van der Waals surface area contributed by atoms with Crippen LogP contribution in [0.3, 0.4) is 0 Å². The fraction of sp³-hybridized carbons (Fsp3) is 0.562. The molecule has 1 aromatic carbocycles. The van der Waals surface area contributed by atoms with Crippen LogP contribution in [0.15, 0.2) is 23.1 Å². The minimum atomic E-state index is -4.41. The predicted molar refractivity (Wildman–Crippen MR) is 80.0 cm³/mol. The molecule has 2 nitrogen and oxygen atoms in total. The van der Waals surface area contributed by atoms with E-state index in [1.54, 1.807) is 0 Å². The summed E-state index contributed by atoms with van der Waals surface area (Å²) >= 11 is 4.16. The van der Waals surface area contributed by atoms with Crippen LogP contribution in [0.4, 0.5) is 13.2 Å². The average molecular weight is 332 g/mol. The molecule has 0 bridgehead atoms. The number of esters is 1. The molecule has 1 aliphatic rings. The fourth-order valence-electron chi connectivity index (χ4n) is 3.09. The highest BCUT2D eigenvalue weighted by Crippen LogP contribution is 2.38. The van der Waals surface area contributed by atoms with Crippen molar-refractivity contribution in [2.24, 2.45) is 5.92 Å². The van der Waals surface area contributed by atoms with Gasteiger partial charge < -0.3 is 4.74 Å². The summed E-state index contributed by atoms with van der Waals surface area (Å²) in [5.74, 6) is -0.552. The largest absolute Gasteiger partial charge is 0.469 e. The average Bonchev–Trinajstić information content (AvgIpc) is 2.96. The Balaban J connectivity index is 2.28. The Morgan fingerprint density at radius 3 is 2.50 bits per heavy atom. The van der Waals surface area contributed by atoms with E-state index in [2.05, 4.69) is 12.6 Å². The first kappa shape index (κ1) is 17.2. The molecule has 0 aromatic heterocycles. The number of carbonyl (C=O) groups is 1. The Kier molecular flexibility index (Phi) is 5.42. The SMILES string of the molecule is COC(=O)C(CC1CCCC1)c1ccc(C(F)(F)F)cc1S. The Labute approximate surface area is 133 Å². The van der Waals surface area contributed by atoms with Crippen LogP contribution in [0.5, 0.6) is 0 Å². The Hall–Kier alpha value is -1.17. The maximum Gasteiger partial charge on any atom is 0.416 e. The molecule has 1 aromatic rings. The van der Waals surface area contributed by atoms with Gasteiger partial charge in [0.1, 0.15) is 0 Å². The lowest BCUT2D eigenvalue weighted by Crippen LogP contribution is -2.18. The monoisotopic (exact) mass is 332 g/mol. The van der Waals surface area contributed by atoms with Crippen molar-refractivity contribution in [1.82, 2.24) is 0 Å². The summed E-state index contributed by atoms with van der Waals surface area (Å²) in [6.45, 7) is 0. The van der Waals surface area contributed by atoms with Gasteiger partial charge in [-0.2, -0.15) is 13.2 Å². The van der Waals surface area contributed by atoms with Crippen LogP contribution in [0.2, 0.25) is 0 Å². The summed E-state index contributed by atoms with van der Waals surface area (Å²) in [7, 11) is 1.30. The molecule has 0 saturated heterocycles. The molecule has 0 amide bonds. The fourth-order valence-corrected chi connectivity index (χ4v) is 3.46. The molecule has 0 heterocycles. The van der Waals surface area contributed by atoms with Crippen LogP contribution in [-0.2, 0) is 15.7 Å². The van der Waals surface area contributed by atoms with E-state index < -0.39 is 23.6 Å². The Morgan fingerprint density at radius 2 is 2.00 bits per heavy atom. The van der Waals surface area contributed by atoms with Gasteiger partial charge in [-0.05, 0) is 30.0 Å². The van der Waals surface area contributed by atoms with E-state index in [0.717, 1.165) is 37.8 Å². The highest BCUT2D eigenvalue weighted by molar-refractivity contribution is 7.80. The van der Waals surface area contributed by atoms with Gasteiger partial charge in [0, 0.05) is 4.90 Å². The van der Waals surface area contributed by atoms with Gasteiger partial charge in [-0.1, -0.05) is 31.7 Å². The summed E-state index contributed by atoms with van der Waals surface area (Å²) < 4.78 is 43.0. The molecule has 22 heavy (non-hydrogen) atoms. The second-order valence-corrected chi connectivity index (χ2v) is 6.22. The second kappa shape index (κ2) is 6.94. The van der Waals surface area contributed by atoms with Gasteiger partial charge in [0.05, 0.1) is 18.6 Å². The number of rotatable bonds is 4. The smallest absolute Gasteiger partial charge is 0.416 e. The highest BCUT2D eigenvalue weighted by atomic mass is 32.1. The van der Waals surface area contributed by atoms with Crippen LogP contribution < -0.4 is 0 Å². The number of alkyl halides is 3. The number of hydrogen-bond acceptors (Lipinski definition) is 3. The lowest BCUT2D eigenvalue weighted by atomic mass is 9.87. The summed E-state index contributed by atoms with van der Waals surface area (Å²) in [4.78, 5) is 12.2. The molecule has 6 heteroatoms. The van der Waals surface area contributed by atoms with E-state index in [9.17, 15) is 18.0 Å². The third-order valence-electron chi connectivity index (χ3n) is 4.26. The minimum Gasteiger partial charge on any atom is -0.469 e. The molecule has 1 fully saturated rings. The summed E-state index contributed by atoms with van der Waals surface area (Å²) in [5, 5.41) is 0. The number of hydrogen-bond donors (Lipinski definition) is 1. The van der Waals surface area contributed by atoms with Crippen molar-refractivity contribution in [3.05, 3.63) is 29.3 Å². The van der Waals surface area contributed by atoms with E-state index in [-0.39, 0.29) is 4.90 Å². The van der Waals surface area contributed by atoms with Crippen molar-refractivity contribution in [1.29, 1.82) is 0 Å². The number of thiol groups is 1. The zero-order chi connectivity index (χ0) is 16.3. The normalized spacial score (nSPS) is 17.5. The van der Waals surface area contributed by atoms with E-state index in [1.807, 2.05) is 0 Å². The van der Waals surface area contributed by atoms with Crippen molar-refractivity contribution in [3.63, 3.8) is 0 Å². The summed E-state index contributed by atoms with van der Waals surface area (Å²) in [6, 6.07) is 3.32. The number of halogens is 3. The molecule has 0 spiro atoms. The lowest BCUT2D eigenvalue weighted by Gasteiger charge is -2.21. The Morgan fingerprint density at radius 1 is 1.36 bits per heavy atom. The van der Waals surface area contributed by atoms with Crippen LogP contribution in [0.1, 0.15) is 49.1 Å².